The van der Waals surface area contributed by atoms with Gasteiger partial charge in [-0.15, -0.1) is 0 Å². The van der Waals surface area contributed by atoms with Crippen LogP contribution in [0.4, 0.5) is 17.1 Å². The van der Waals surface area contributed by atoms with Gasteiger partial charge in [0.2, 0.25) is 0 Å². The van der Waals surface area contributed by atoms with Crippen LogP contribution in [0.1, 0.15) is 49.9 Å². The number of rotatable bonds is 9. The van der Waals surface area contributed by atoms with Crippen molar-refractivity contribution in [1.29, 1.82) is 0 Å². The van der Waals surface area contributed by atoms with Crippen LogP contribution in [0.2, 0.25) is 0 Å². The largest absolute Gasteiger partial charge is 0.310 e. The van der Waals surface area contributed by atoms with Gasteiger partial charge in [-0.2, -0.15) is 0 Å². The van der Waals surface area contributed by atoms with E-state index in [1.165, 1.54) is 138 Å². The molecule has 1 heterocycles. The van der Waals surface area contributed by atoms with Gasteiger partial charge in [-0.05, 0) is 183 Å². The molecule has 0 amide bonds. The fourth-order valence-electron chi connectivity index (χ4n) is 15.3. The maximum atomic E-state index is 2.50. The fraction of sp³-hybridized carbons (Fsp3) is 0.0698. The first-order valence-corrected chi connectivity index (χ1v) is 30.9. The van der Waals surface area contributed by atoms with E-state index in [1.807, 2.05) is 0 Å². The van der Waals surface area contributed by atoms with E-state index in [0.717, 1.165) is 28.3 Å². The van der Waals surface area contributed by atoms with Crippen molar-refractivity contribution in [2.75, 3.05) is 4.90 Å². The molecule has 15 aromatic rings. The molecule has 0 bridgehead atoms. The minimum atomic E-state index is -0.176. The summed E-state index contributed by atoms with van der Waals surface area (Å²) >= 11 is 0. The van der Waals surface area contributed by atoms with Crippen LogP contribution in [-0.4, -0.2) is 4.57 Å². The predicted octanol–water partition coefficient (Wildman–Crippen LogP) is 23.5. The molecule has 0 spiro atoms. The Morgan fingerprint density at radius 3 is 1.11 bits per heavy atom. The third kappa shape index (κ3) is 7.95. The molecule has 14 aromatic carbocycles. The summed E-state index contributed by atoms with van der Waals surface area (Å²) in [6.45, 7) is 9.54. The van der Waals surface area contributed by atoms with E-state index in [4.69, 9.17) is 0 Å². The molecular formula is C86H62N2. The predicted molar refractivity (Wildman–Crippen MR) is 373 cm³/mol. The highest BCUT2D eigenvalue weighted by atomic mass is 15.1. The number of para-hydroxylation sites is 3. The average molecular weight is 1120 g/mol. The van der Waals surface area contributed by atoms with Crippen molar-refractivity contribution < 1.29 is 0 Å². The van der Waals surface area contributed by atoms with Gasteiger partial charge in [0.15, 0.2) is 0 Å². The SMILES string of the molecule is CC1(C)c2ccccc2-c2ccc(-c3cc(N(c4ccc(-c5ccccc5-n5c6ccccc6c6ccccc65)cc4)c4ccc(-c5cccc6ccccc56)c(-c5ccc6c(c5)C(C)(C)c5ccccc5-6)c4)ccc3-c3cccc4ccccc34)cc21. The van der Waals surface area contributed by atoms with Gasteiger partial charge in [-0.25, -0.2) is 0 Å². The number of hydrogen-bond donors (Lipinski definition) is 0. The van der Waals surface area contributed by atoms with Crippen LogP contribution >= 0.6 is 0 Å². The van der Waals surface area contributed by atoms with E-state index >= 15 is 0 Å². The van der Waals surface area contributed by atoms with Gasteiger partial charge in [0.25, 0.3) is 0 Å². The van der Waals surface area contributed by atoms with Crippen molar-refractivity contribution in [1.82, 2.24) is 4.57 Å². The van der Waals surface area contributed by atoms with Crippen LogP contribution in [0.15, 0.2) is 303 Å². The maximum absolute atomic E-state index is 2.50. The topological polar surface area (TPSA) is 8.17 Å². The zero-order valence-electron chi connectivity index (χ0n) is 49.8. The summed E-state index contributed by atoms with van der Waals surface area (Å²) in [6.07, 6.45) is 0. The van der Waals surface area contributed by atoms with Gasteiger partial charge in [0.1, 0.15) is 0 Å². The molecule has 0 fully saturated rings. The van der Waals surface area contributed by atoms with Crippen molar-refractivity contribution in [2.45, 2.75) is 38.5 Å². The van der Waals surface area contributed by atoms with E-state index in [-0.39, 0.29) is 10.8 Å². The molecule has 1 aromatic heterocycles. The van der Waals surface area contributed by atoms with Crippen molar-refractivity contribution in [3.63, 3.8) is 0 Å². The Bertz CT molecular complexity index is 5040. The smallest absolute Gasteiger partial charge is 0.0541 e. The molecule has 416 valence electrons. The lowest BCUT2D eigenvalue weighted by molar-refractivity contribution is 0.660. The molecule has 0 radical (unpaired) electrons. The molecule has 0 atom stereocenters. The second-order valence-electron chi connectivity index (χ2n) is 25.1. The number of anilines is 3. The normalized spacial score (nSPS) is 13.4. The monoisotopic (exact) mass is 1120 g/mol. The van der Waals surface area contributed by atoms with Crippen molar-refractivity contribution >= 4 is 60.4 Å². The third-order valence-corrected chi connectivity index (χ3v) is 19.6. The first kappa shape index (κ1) is 51.6. The minimum absolute atomic E-state index is 0.176. The van der Waals surface area contributed by atoms with Gasteiger partial charge >= 0.3 is 0 Å². The lowest BCUT2D eigenvalue weighted by Gasteiger charge is -2.29. The molecule has 0 N–H and O–H groups in total. The summed E-state index contributed by atoms with van der Waals surface area (Å²) in [4.78, 5) is 2.50. The van der Waals surface area contributed by atoms with Crippen LogP contribution in [0, 0.1) is 0 Å². The summed E-state index contributed by atoms with van der Waals surface area (Å²) in [7, 11) is 0. The molecule has 0 unspecified atom stereocenters. The molecule has 0 aliphatic heterocycles. The first-order chi connectivity index (χ1) is 43.2. The molecule has 2 aliphatic carbocycles. The van der Waals surface area contributed by atoms with Crippen molar-refractivity contribution in [3.8, 4) is 83.6 Å². The van der Waals surface area contributed by atoms with E-state index in [2.05, 4.69) is 340 Å². The Hall–Kier alpha value is -10.8. The van der Waals surface area contributed by atoms with E-state index in [0.29, 0.717) is 0 Å². The average Bonchev–Trinajstić information content (AvgIpc) is 1.72. The zero-order chi connectivity index (χ0) is 58.8. The number of fused-ring (bicyclic) bond motifs is 11. The zero-order valence-corrected chi connectivity index (χ0v) is 49.8. The second kappa shape index (κ2) is 19.9. The highest BCUT2D eigenvalue weighted by Crippen LogP contribution is 2.54. The molecule has 0 saturated carbocycles. The molecule has 0 saturated heterocycles. The third-order valence-electron chi connectivity index (χ3n) is 19.6. The number of hydrogen-bond acceptors (Lipinski definition) is 1. The maximum Gasteiger partial charge on any atom is 0.0541 e. The number of nitrogens with zero attached hydrogens (tertiary/aromatic N) is 2. The van der Waals surface area contributed by atoms with Crippen LogP contribution < -0.4 is 4.90 Å². The summed E-state index contributed by atoms with van der Waals surface area (Å²) in [5.74, 6) is 0. The van der Waals surface area contributed by atoms with E-state index in [1.54, 1.807) is 0 Å². The first-order valence-electron chi connectivity index (χ1n) is 30.9. The fourth-order valence-corrected chi connectivity index (χ4v) is 15.3. The number of benzene rings is 14. The molecule has 17 rings (SSSR count). The van der Waals surface area contributed by atoms with Gasteiger partial charge in [-0.3, -0.25) is 0 Å². The van der Waals surface area contributed by atoms with Crippen LogP contribution in [-0.2, 0) is 10.8 Å². The Morgan fingerprint density at radius 2 is 0.602 bits per heavy atom. The molecule has 2 aliphatic rings. The Labute approximate surface area is 514 Å². The minimum Gasteiger partial charge on any atom is -0.310 e. The molecule has 88 heavy (non-hydrogen) atoms. The summed E-state index contributed by atoms with van der Waals surface area (Å²) in [5, 5.41) is 7.40. The lowest BCUT2D eigenvalue weighted by atomic mass is 9.81. The summed E-state index contributed by atoms with van der Waals surface area (Å²) in [5.41, 5.74) is 28.9. The van der Waals surface area contributed by atoms with Crippen molar-refractivity contribution in [2.24, 2.45) is 0 Å². The quantitative estimate of drug-likeness (QED) is 0.140. The van der Waals surface area contributed by atoms with Crippen LogP contribution in [0.25, 0.3) is 127 Å². The van der Waals surface area contributed by atoms with Crippen molar-refractivity contribution in [3.05, 3.63) is 326 Å². The van der Waals surface area contributed by atoms with Crippen LogP contribution in [0.5, 0.6) is 0 Å². The highest BCUT2D eigenvalue weighted by molar-refractivity contribution is 6.10. The highest BCUT2D eigenvalue weighted by Gasteiger charge is 2.37. The Morgan fingerprint density at radius 1 is 0.239 bits per heavy atom. The van der Waals surface area contributed by atoms with E-state index < -0.39 is 0 Å². The molecule has 2 heteroatoms. The van der Waals surface area contributed by atoms with E-state index in [9.17, 15) is 0 Å². The number of aromatic nitrogens is 1. The summed E-state index contributed by atoms with van der Waals surface area (Å²) in [6, 6.07) is 114. The standard InChI is InChI=1S/C86H62N2/c1-85(2)78-34-14-9-28-70(78)72-47-41-58(51-80(72)85)76-53-61(45-49-68(76)66-32-19-23-55-21-5-7-25-63(55)66)87(60-43-39-57(40-44-60)65-27-11-16-36-82(65)88-83-37-17-12-30-74(83)75-31-13-18-38-84(75)88)62-46-50-69(67-33-20-24-56-22-6-8-26-64(56)67)77(54-62)59-42-48-73-71-29-10-15-35-79(71)86(3,4)81(73)52-59/h5-54H,1-4H3. The molecular weight excluding hydrogens is 1060 g/mol. The van der Waals surface area contributed by atoms with Gasteiger partial charge in [0, 0.05) is 44.2 Å². The lowest BCUT2D eigenvalue weighted by Crippen LogP contribution is -2.15. The van der Waals surface area contributed by atoms with Gasteiger partial charge in [-0.1, -0.05) is 264 Å². The van der Waals surface area contributed by atoms with Gasteiger partial charge in [0.05, 0.1) is 16.7 Å². The Kier molecular flexibility index (Phi) is 11.7. The van der Waals surface area contributed by atoms with Crippen LogP contribution in [0.3, 0.4) is 0 Å². The second-order valence-corrected chi connectivity index (χ2v) is 25.1. The summed E-state index contributed by atoms with van der Waals surface area (Å²) < 4.78 is 2.44. The molecule has 2 nitrogen and oxygen atoms in total. The van der Waals surface area contributed by atoms with Gasteiger partial charge < -0.3 is 9.47 Å². The Balaban J connectivity index is 0.899.